The first-order valence-corrected chi connectivity index (χ1v) is 0.894. The van der Waals surface area contributed by atoms with E-state index in [1.807, 2.05) is 0 Å². The molecule has 0 spiro atoms. The zero-order valence-corrected chi connectivity index (χ0v) is 3.53. The van der Waals surface area contributed by atoms with Crippen molar-refractivity contribution in [2.45, 2.75) is 0 Å². The molecule has 0 amide bonds. The standard InChI is InChI=1S/CHNS.Cu/c2-1-3;/h3H;. The van der Waals surface area contributed by atoms with E-state index < -0.39 is 0 Å². The Labute approximate surface area is 40.9 Å². The summed E-state index contributed by atoms with van der Waals surface area (Å²) in [6.07, 6.45) is 0. The van der Waals surface area contributed by atoms with Gasteiger partial charge in [0.1, 0.15) is 5.40 Å². The van der Waals surface area contributed by atoms with E-state index in [0.717, 1.165) is 0 Å². The van der Waals surface area contributed by atoms with Crippen LogP contribution in [0.3, 0.4) is 0 Å². The van der Waals surface area contributed by atoms with E-state index in [2.05, 4.69) is 12.6 Å². The number of rotatable bonds is 0. The summed E-state index contributed by atoms with van der Waals surface area (Å²) in [6.45, 7) is 0. The van der Waals surface area contributed by atoms with E-state index in [0.29, 0.717) is 0 Å². The summed E-state index contributed by atoms with van der Waals surface area (Å²) in [5.41, 5.74) is 0. The van der Waals surface area contributed by atoms with Gasteiger partial charge in [0.05, 0.1) is 0 Å². The largest absolute Gasteiger partial charge is 0.185 e. The number of thiocyanates is 1. The number of nitrogens with zero attached hydrogens (tertiary/aromatic N) is 1. The summed E-state index contributed by atoms with van der Waals surface area (Å²) in [4.78, 5) is 0. The van der Waals surface area contributed by atoms with E-state index in [4.69, 9.17) is 5.26 Å². The predicted octanol–water partition coefficient (Wildman–Crippen LogP) is 0.395. The monoisotopic (exact) mass is 122 g/mol. The summed E-state index contributed by atoms with van der Waals surface area (Å²) in [5.74, 6) is 0. The molecule has 0 saturated carbocycles. The Balaban J connectivity index is 0. The zero-order valence-electron chi connectivity index (χ0n) is 1.70. The van der Waals surface area contributed by atoms with Crippen LogP contribution in [0, 0.1) is 10.7 Å². The van der Waals surface area contributed by atoms with Crippen LogP contribution in [-0.2, 0) is 17.1 Å². The van der Waals surface area contributed by atoms with Gasteiger partial charge < -0.3 is 0 Å². The molecule has 3 heteroatoms. The predicted molar refractivity (Wildman–Crippen MR) is 14.6 cm³/mol. The van der Waals surface area contributed by atoms with Crippen molar-refractivity contribution in [3.63, 3.8) is 0 Å². The van der Waals surface area contributed by atoms with E-state index in [9.17, 15) is 0 Å². The van der Waals surface area contributed by atoms with Gasteiger partial charge in [-0.3, -0.25) is 0 Å². The number of hydrogen-bond donors (Lipinski definition) is 1. The fourth-order valence-electron chi connectivity index (χ4n) is 0. The van der Waals surface area contributed by atoms with Crippen molar-refractivity contribution in [1.29, 1.82) is 5.26 Å². The topological polar surface area (TPSA) is 23.8 Å². The van der Waals surface area contributed by atoms with Crippen molar-refractivity contribution in [2.24, 2.45) is 0 Å². The van der Waals surface area contributed by atoms with Crippen LogP contribution >= 0.6 is 12.6 Å². The molecule has 0 saturated heterocycles. The summed E-state index contributed by atoms with van der Waals surface area (Å²) < 4.78 is 0. The summed E-state index contributed by atoms with van der Waals surface area (Å²) in [7, 11) is 0. The molecule has 0 rings (SSSR count). The van der Waals surface area contributed by atoms with Crippen molar-refractivity contribution < 1.29 is 17.1 Å². The minimum atomic E-state index is 0. The molecule has 0 aliphatic rings. The summed E-state index contributed by atoms with van der Waals surface area (Å²) >= 11 is 3.09. The Kier molecular flexibility index (Phi) is 22.4. The minimum absolute atomic E-state index is 0. The molecule has 0 aliphatic carbocycles. The third-order valence-electron chi connectivity index (χ3n) is 0. The molecular weight excluding hydrogens is 122 g/mol. The molecular formula is CHCuNS. The normalized spacial score (nSPS) is 2.00. The Morgan fingerprint density at radius 1 is 1.75 bits per heavy atom. The second kappa shape index (κ2) is 10.1. The molecule has 0 fully saturated rings. The van der Waals surface area contributed by atoms with Gasteiger partial charge in [0, 0.05) is 17.1 Å². The molecule has 4 heavy (non-hydrogen) atoms. The van der Waals surface area contributed by atoms with Gasteiger partial charge in [0.15, 0.2) is 0 Å². The van der Waals surface area contributed by atoms with Gasteiger partial charge in [0.2, 0.25) is 0 Å². The van der Waals surface area contributed by atoms with E-state index in [1.54, 1.807) is 0 Å². The first-order chi connectivity index (χ1) is 1.41. The molecule has 0 heterocycles. The second-order valence-corrected chi connectivity index (χ2v) is 0.300. The van der Waals surface area contributed by atoms with Crippen LogP contribution in [0.5, 0.6) is 0 Å². The van der Waals surface area contributed by atoms with Crippen LogP contribution in [0.1, 0.15) is 0 Å². The van der Waals surface area contributed by atoms with E-state index in [1.165, 1.54) is 5.40 Å². The van der Waals surface area contributed by atoms with E-state index in [-0.39, 0.29) is 17.1 Å². The van der Waals surface area contributed by atoms with Crippen LogP contribution in [0.2, 0.25) is 0 Å². The van der Waals surface area contributed by atoms with Crippen LogP contribution < -0.4 is 0 Å². The van der Waals surface area contributed by atoms with Gasteiger partial charge in [-0.1, -0.05) is 12.6 Å². The van der Waals surface area contributed by atoms with Crippen molar-refractivity contribution >= 4 is 12.6 Å². The molecule has 0 unspecified atom stereocenters. The zero-order chi connectivity index (χ0) is 2.71. The SMILES string of the molecule is N#CS.[Cu]. The Hall–Kier alpha value is 0.359. The maximum atomic E-state index is 7.18. The summed E-state index contributed by atoms with van der Waals surface area (Å²) in [6, 6.07) is 0. The van der Waals surface area contributed by atoms with Crippen molar-refractivity contribution in [2.75, 3.05) is 0 Å². The molecule has 0 aromatic rings. The van der Waals surface area contributed by atoms with Crippen molar-refractivity contribution in [3.8, 4) is 5.40 Å². The van der Waals surface area contributed by atoms with Gasteiger partial charge in [0.25, 0.3) is 0 Å². The molecule has 0 bridgehead atoms. The first kappa shape index (κ1) is 8.84. The average molecular weight is 123 g/mol. The van der Waals surface area contributed by atoms with Crippen molar-refractivity contribution in [1.82, 2.24) is 0 Å². The van der Waals surface area contributed by atoms with Gasteiger partial charge >= 0.3 is 0 Å². The fraction of sp³-hybridized carbons (Fsp3) is 0. The van der Waals surface area contributed by atoms with Gasteiger partial charge in [-0.2, -0.15) is 5.26 Å². The fourth-order valence-corrected chi connectivity index (χ4v) is 0. The molecule has 0 aliphatic heterocycles. The van der Waals surface area contributed by atoms with Gasteiger partial charge in [-0.05, 0) is 0 Å². The maximum Gasteiger partial charge on any atom is 0.130 e. The number of hydrogen-bond acceptors (Lipinski definition) is 2. The van der Waals surface area contributed by atoms with Gasteiger partial charge in [-0.15, -0.1) is 0 Å². The number of nitriles is 1. The smallest absolute Gasteiger partial charge is 0.130 e. The molecule has 27 valence electrons. The quantitative estimate of drug-likeness (QED) is 0.281. The van der Waals surface area contributed by atoms with Gasteiger partial charge in [-0.25, -0.2) is 0 Å². The molecule has 0 N–H and O–H groups in total. The Morgan fingerprint density at radius 3 is 1.75 bits per heavy atom. The third-order valence-corrected chi connectivity index (χ3v) is 0. The van der Waals surface area contributed by atoms with Crippen LogP contribution in [-0.4, -0.2) is 0 Å². The Morgan fingerprint density at radius 2 is 1.75 bits per heavy atom. The molecule has 0 aromatic heterocycles. The molecule has 0 aromatic carbocycles. The minimum Gasteiger partial charge on any atom is -0.185 e. The first-order valence-electron chi connectivity index (χ1n) is 0.447. The van der Waals surface area contributed by atoms with E-state index >= 15 is 0 Å². The van der Waals surface area contributed by atoms with Crippen molar-refractivity contribution in [3.05, 3.63) is 0 Å². The molecule has 1 nitrogen and oxygen atoms in total. The second-order valence-electron chi connectivity index (χ2n) is 0.100. The molecule has 1 radical (unpaired) electrons. The Bertz CT molecular complexity index is 29.5. The third kappa shape index (κ3) is 33.7. The summed E-state index contributed by atoms with van der Waals surface area (Å²) in [5, 5.41) is 8.63. The maximum absolute atomic E-state index is 7.18. The van der Waals surface area contributed by atoms with Crippen LogP contribution in [0.25, 0.3) is 0 Å². The van der Waals surface area contributed by atoms with Crippen LogP contribution in [0.4, 0.5) is 0 Å². The average Bonchev–Trinajstić information content (AvgIpc) is 0.918. The number of thiol groups is 1. The van der Waals surface area contributed by atoms with Crippen LogP contribution in [0.15, 0.2) is 0 Å². The molecule has 0 atom stereocenters.